The smallest absolute Gasteiger partial charge is 0.273 e. The van der Waals surface area contributed by atoms with Crippen LogP contribution in [0.4, 0.5) is 0 Å². The van der Waals surface area contributed by atoms with E-state index in [0.717, 1.165) is 5.56 Å². The molecule has 0 bridgehead atoms. The molecule has 0 aliphatic carbocycles. The van der Waals surface area contributed by atoms with Crippen molar-refractivity contribution in [3.05, 3.63) is 66.1 Å². The zero-order chi connectivity index (χ0) is 16.9. The van der Waals surface area contributed by atoms with Gasteiger partial charge in [0.15, 0.2) is 5.69 Å². The number of hydrogen-bond donors (Lipinski definition) is 2. The van der Waals surface area contributed by atoms with Crippen LogP contribution in [0.5, 0.6) is 11.5 Å². The van der Waals surface area contributed by atoms with E-state index in [1.165, 1.54) is 12.3 Å². The number of hydrogen-bond acceptors (Lipinski definition) is 5. The van der Waals surface area contributed by atoms with Crippen LogP contribution in [0.25, 0.3) is 11.5 Å². The quantitative estimate of drug-likeness (QED) is 0.753. The molecule has 0 radical (unpaired) electrons. The van der Waals surface area contributed by atoms with Crippen molar-refractivity contribution in [1.82, 2.24) is 10.3 Å². The molecule has 1 heterocycles. The summed E-state index contributed by atoms with van der Waals surface area (Å²) in [6.45, 7) is 0.317. The first-order valence-corrected chi connectivity index (χ1v) is 7.32. The van der Waals surface area contributed by atoms with Crippen LogP contribution in [0.3, 0.4) is 0 Å². The van der Waals surface area contributed by atoms with Crippen molar-refractivity contribution in [3.8, 4) is 23.0 Å². The molecule has 0 aliphatic heterocycles. The Hall–Kier alpha value is -3.28. The van der Waals surface area contributed by atoms with Crippen LogP contribution < -0.4 is 10.1 Å². The van der Waals surface area contributed by atoms with Crippen molar-refractivity contribution < 1.29 is 19.1 Å². The van der Waals surface area contributed by atoms with E-state index in [1.807, 2.05) is 24.3 Å². The summed E-state index contributed by atoms with van der Waals surface area (Å²) in [4.78, 5) is 16.4. The van der Waals surface area contributed by atoms with Crippen molar-refractivity contribution in [2.45, 2.75) is 6.54 Å². The molecule has 0 atom stereocenters. The molecule has 2 N–H and O–H groups in total. The Bertz CT molecular complexity index is 857. The van der Waals surface area contributed by atoms with Gasteiger partial charge in [0.1, 0.15) is 17.8 Å². The highest BCUT2D eigenvalue weighted by Crippen LogP contribution is 2.22. The summed E-state index contributed by atoms with van der Waals surface area (Å²) in [6.07, 6.45) is 1.29. The summed E-state index contributed by atoms with van der Waals surface area (Å²) >= 11 is 0. The highest BCUT2D eigenvalue weighted by Gasteiger charge is 2.14. The van der Waals surface area contributed by atoms with Gasteiger partial charge in [0, 0.05) is 17.7 Å². The minimum atomic E-state index is -0.351. The molecule has 122 valence electrons. The van der Waals surface area contributed by atoms with Gasteiger partial charge in [-0.1, -0.05) is 24.3 Å². The van der Waals surface area contributed by atoms with Crippen LogP contribution in [0.15, 0.2) is 59.2 Å². The Labute approximate surface area is 138 Å². The largest absolute Gasteiger partial charge is 0.508 e. The van der Waals surface area contributed by atoms with Gasteiger partial charge >= 0.3 is 0 Å². The molecule has 24 heavy (non-hydrogen) atoms. The number of nitrogens with one attached hydrogen (secondary N) is 1. The fourth-order valence-corrected chi connectivity index (χ4v) is 2.26. The maximum absolute atomic E-state index is 12.2. The first-order valence-electron chi connectivity index (χ1n) is 7.32. The van der Waals surface area contributed by atoms with Crippen molar-refractivity contribution >= 4 is 5.91 Å². The second kappa shape index (κ2) is 6.87. The van der Waals surface area contributed by atoms with Crippen molar-refractivity contribution in [1.29, 1.82) is 0 Å². The molecule has 0 fully saturated rings. The number of phenols is 1. The normalized spacial score (nSPS) is 10.4. The van der Waals surface area contributed by atoms with Gasteiger partial charge in [0.05, 0.1) is 7.11 Å². The van der Waals surface area contributed by atoms with Crippen molar-refractivity contribution in [2.75, 3.05) is 7.11 Å². The van der Waals surface area contributed by atoms with Gasteiger partial charge in [-0.3, -0.25) is 4.79 Å². The zero-order valence-electron chi connectivity index (χ0n) is 13.0. The summed E-state index contributed by atoms with van der Waals surface area (Å²) < 4.78 is 10.6. The molecule has 1 amide bonds. The standard InChI is InChI=1S/C18H16N2O4/c1-23-16-8-3-2-5-13(16)10-19-17(22)15-11-24-18(20-15)12-6-4-7-14(21)9-12/h2-9,11,21H,10H2,1H3,(H,19,22). The fourth-order valence-electron chi connectivity index (χ4n) is 2.26. The number of rotatable bonds is 5. The lowest BCUT2D eigenvalue weighted by atomic mass is 10.2. The summed E-state index contributed by atoms with van der Waals surface area (Å²) in [5.74, 6) is 0.732. The van der Waals surface area contributed by atoms with E-state index in [1.54, 1.807) is 25.3 Å². The van der Waals surface area contributed by atoms with E-state index >= 15 is 0 Å². The Balaban J connectivity index is 1.70. The average Bonchev–Trinajstić information content (AvgIpc) is 3.10. The number of methoxy groups -OCH3 is 1. The molecule has 3 aromatic rings. The maximum Gasteiger partial charge on any atom is 0.273 e. The number of ether oxygens (including phenoxy) is 1. The fraction of sp³-hybridized carbons (Fsp3) is 0.111. The van der Waals surface area contributed by atoms with Crippen LogP contribution in [0.1, 0.15) is 16.1 Å². The number of aromatic hydroxyl groups is 1. The molecular weight excluding hydrogens is 308 g/mol. The number of para-hydroxylation sites is 1. The third kappa shape index (κ3) is 3.38. The van der Waals surface area contributed by atoms with Crippen LogP contribution in [0.2, 0.25) is 0 Å². The number of oxazole rings is 1. The van der Waals surface area contributed by atoms with E-state index in [9.17, 15) is 9.90 Å². The second-order valence-electron chi connectivity index (χ2n) is 5.08. The first kappa shape index (κ1) is 15.6. The third-order valence-electron chi connectivity index (χ3n) is 3.46. The van der Waals surface area contributed by atoms with Crippen LogP contribution >= 0.6 is 0 Å². The van der Waals surface area contributed by atoms with E-state index in [2.05, 4.69) is 10.3 Å². The van der Waals surface area contributed by atoms with Crippen LogP contribution in [0, 0.1) is 0 Å². The SMILES string of the molecule is COc1ccccc1CNC(=O)c1coc(-c2cccc(O)c2)n1. The highest BCUT2D eigenvalue weighted by atomic mass is 16.5. The predicted molar refractivity (Wildman–Crippen MR) is 87.8 cm³/mol. The molecule has 0 aliphatic rings. The number of carbonyl (C=O) groups excluding carboxylic acids is 1. The number of aromatic nitrogens is 1. The van der Waals surface area contributed by atoms with Crippen LogP contribution in [-0.4, -0.2) is 23.1 Å². The van der Waals surface area contributed by atoms with Gasteiger partial charge < -0.3 is 19.6 Å². The molecule has 6 heteroatoms. The van der Waals surface area contributed by atoms with E-state index < -0.39 is 0 Å². The summed E-state index contributed by atoms with van der Waals surface area (Å²) in [5.41, 5.74) is 1.63. The number of phenolic OH excluding ortho intramolecular Hbond substituents is 1. The Morgan fingerprint density at radius 3 is 2.88 bits per heavy atom. The molecule has 0 saturated carbocycles. The molecule has 0 spiro atoms. The van der Waals surface area contributed by atoms with Crippen molar-refractivity contribution in [3.63, 3.8) is 0 Å². The Morgan fingerprint density at radius 1 is 1.25 bits per heavy atom. The van der Waals surface area contributed by atoms with Gasteiger partial charge in [0.2, 0.25) is 5.89 Å². The molecular formula is C18H16N2O4. The van der Waals surface area contributed by atoms with Gasteiger partial charge in [-0.15, -0.1) is 0 Å². The number of amides is 1. The topological polar surface area (TPSA) is 84.6 Å². The van der Waals surface area contributed by atoms with E-state index in [-0.39, 0.29) is 23.2 Å². The summed E-state index contributed by atoms with van der Waals surface area (Å²) in [7, 11) is 1.58. The Kier molecular flexibility index (Phi) is 4.47. The van der Waals surface area contributed by atoms with Gasteiger partial charge in [-0.05, 0) is 24.3 Å². The van der Waals surface area contributed by atoms with Crippen LogP contribution in [-0.2, 0) is 6.54 Å². The summed E-state index contributed by atoms with van der Waals surface area (Å²) in [6, 6.07) is 13.9. The van der Waals surface area contributed by atoms with E-state index in [4.69, 9.17) is 9.15 Å². The third-order valence-corrected chi connectivity index (χ3v) is 3.46. The molecule has 3 rings (SSSR count). The lowest BCUT2D eigenvalue weighted by Gasteiger charge is -2.08. The second-order valence-corrected chi connectivity index (χ2v) is 5.08. The number of benzene rings is 2. The monoisotopic (exact) mass is 324 g/mol. The number of nitrogens with zero attached hydrogens (tertiary/aromatic N) is 1. The lowest BCUT2D eigenvalue weighted by Crippen LogP contribution is -2.23. The molecule has 6 nitrogen and oxygen atoms in total. The lowest BCUT2D eigenvalue weighted by molar-refractivity contribution is 0.0945. The minimum Gasteiger partial charge on any atom is -0.508 e. The Morgan fingerprint density at radius 2 is 2.08 bits per heavy atom. The van der Waals surface area contributed by atoms with E-state index in [0.29, 0.717) is 17.9 Å². The average molecular weight is 324 g/mol. The zero-order valence-corrected chi connectivity index (χ0v) is 13.0. The van der Waals surface area contributed by atoms with Crippen molar-refractivity contribution in [2.24, 2.45) is 0 Å². The van der Waals surface area contributed by atoms with Gasteiger partial charge in [-0.25, -0.2) is 4.98 Å². The highest BCUT2D eigenvalue weighted by molar-refractivity contribution is 5.92. The molecule has 0 unspecified atom stereocenters. The number of carbonyl (C=O) groups is 1. The van der Waals surface area contributed by atoms with Gasteiger partial charge in [0.25, 0.3) is 5.91 Å². The predicted octanol–water partition coefficient (Wildman–Crippen LogP) is 2.99. The first-order chi connectivity index (χ1) is 11.7. The molecule has 1 aromatic heterocycles. The minimum absolute atomic E-state index is 0.105. The van der Waals surface area contributed by atoms with Gasteiger partial charge in [-0.2, -0.15) is 0 Å². The maximum atomic E-state index is 12.2. The molecule has 2 aromatic carbocycles. The molecule has 0 saturated heterocycles. The summed E-state index contributed by atoms with van der Waals surface area (Å²) in [5, 5.41) is 12.3.